The van der Waals surface area contributed by atoms with E-state index in [1.54, 1.807) is 12.2 Å². The van der Waals surface area contributed by atoms with Crippen molar-refractivity contribution >= 4 is 21.7 Å². The van der Waals surface area contributed by atoms with Gasteiger partial charge >= 0.3 is 0 Å². The second kappa shape index (κ2) is 4.23. The van der Waals surface area contributed by atoms with Crippen LogP contribution in [0.3, 0.4) is 0 Å². The SMILES string of the molecule is C=C(Br)/C=C\C(=C)C(C)=O. The summed E-state index contributed by atoms with van der Waals surface area (Å²) in [7, 11) is 0. The summed E-state index contributed by atoms with van der Waals surface area (Å²) in [5.41, 5.74) is 0.487. The van der Waals surface area contributed by atoms with Crippen molar-refractivity contribution in [1.29, 1.82) is 0 Å². The van der Waals surface area contributed by atoms with Crippen LogP contribution in [0.15, 0.2) is 35.4 Å². The van der Waals surface area contributed by atoms with Gasteiger partial charge in [0.2, 0.25) is 0 Å². The minimum absolute atomic E-state index is 0.0231. The summed E-state index contributed by atoms with van der Waals surface area (Å²) < 4.78 is 0.731. The highest BCUT2D eigenvalue weighted by Gasteiger charge is 1.92. The van der Waals surface area contributed by atoms with Gasteiger partial charge in [-0.3, -0.25) is 4.79 Å². The van der Waals surface area contributed by atoms with Gasteiger partial charge in [-0.05, 0) is 13.0 Å². The Kier molecular flexibility index (Phi) is 3.96. The second-order valence-electron chi connectivity index (χ2n) is 1.86. The summed E-state index contributed by atoms with van der Waals surface area (Å²) in [5, 5.41) is 0. The van der Waals surface area contributed by atoms with E-state index in [-0.39, 0.29) is 5.78 Å². The first kappa shape index (κ1) is 9.37. The van der Waals surface area contributed by atoms with Crippen LogP contribution in [-0.2, 0) is 4.79 Å². The van der Waals surface area contributed by atoms with E-state index in [9.17, 15) is 4.79 Å². The van der Waals surface area contributed by atoms with Crippen molar-refractivity contribution in [2.24, 2.45) is 0 Å². The molecule has 0 aliphatic heterocycles. The molecule has 0 heterocycles. The molecule has 0 unspecified atom stereocenters. The maximum Gasteiger partial charge on any atom is 0.159 e. The Bertz CT molecular complexity index is 201. The van der Waals surface area contributed by atoms with Crippen LogP contribution < -0.4 is 0 Å². The fourth-order valence-electron chi connectivity index (χ4n) is 0.308. The maximum atomic E-state index is 10.6. The number of allylic oxidation sites excluding steroid dienone is 4. The molecule has 54 valence electrons. The first-order valence-corrected chi connectivity index (χ1v) is 3.55. The lowest BCUT2D eigenvalue weighted by Crippen LogP contribution is -1.89. The number of hydrogen-bond acceptors (Lipinski definition) is 1. The van der Waals surface area contributed by atoms with E-state index in [1.807, 2.05) is 0 Å². The molecule has 0 rings (SSSR count). The van der Waals surface area contributed by atoms with Crippen LogP contribution in [-0.4, -0.2) is 5.78 Å². The molecule has 0 radical (unpaired) electrons. The Labute approximate surface area is 69.3 Å². The van der Waals surface area contributed by atoms with E-state index in [4.69, 9.17) is 0 Å². The molecule has 0 aromatic heterocycles. The Hall–Kier alpha value is -0.630. The van der Waals surface area contributed by atoms with E-state index in [2.05, 4.69) is 29.1 Å². The molecule has 0 N–H and O–H groups in total. The quantitative estimate of drug-likeness (QED) is 0.506. The Morgan fingerprint density at radius 3 is 2.20 bits per heavy atom. The molecule has 0 atom stereocenters. The van der Waals surface area contributed by atoms with Crippen molar-refractivity contribution in [1.82, 2.24) is 0 Å². The summed E-state index contributed by atoms with van der Waals surface area (Å²) in [6.07, 6.45) is 3.31. The molecule has 0 spiro atoms. The topological polar surface area (TPSA) is 17.1 Å². The summed E-state index contributed by atoms with van der Waals surface area (Å²) in [5.74, 6) is -0.0231. The normalized spacial score (nSPS) is 9.80. The molecule has 0 aliphatic carbocycles. The predicted octanol–water partition coefficient (Wildman–Crippen LogP) is 2.60. The lowest BCUT2D eigenvalue weighted by molar-refractivity contribution is -0.113. The van der Waals surface area contributed by atoms with Crippen molar-refractivity contribution in [3.05, 3.63) is 35.4 Å². The standard InChI is InChI=1S/C8H9BrO/c1-6(8(3)10)4-5-7(2)9/h4-5H,1-2H2,3H3/b5-4-. The molecular formula is C8H9BrO. The summed E-state index contributed by atoms with van der Waals surface area (Å²) in [6.45, 7) is 8.57. The highest BCUT2D eigenvalue weighted by atomic mass is 79.9. The van der Waals surface area contributed by atoms with Crippen molar-refractivity contribution in [2.75, 3.05) is 0 Å². The third-order valence-corrected chi connectivity index (χ3v) is 1.18. The van der Waals surface area contributed by atoms with Gasteiger partial charge in [-0.15, -0.1) is 0 Å². The molecule has 2 heteroatoms. The Balaban J connectivity index is 4.03. The van der Waals surface area contributed by atoms with Crippen LogP contribution in [0.1, 0.15) is 6.92 Å². The van der Waals surface area contributed by atoms with Gasteiger partial charge in [0.05, 0.1) is 0 Å². The van der Waals surface area contributed by atoms with E-state index < -0.39 is 0 Å². The third kappa shape index (κ3) is 4.27. The average molecular weight is 201 g/mol. The fourth-order valence-corrected chi connectivity index (χ4v) is 0.441. The highest BCUT2D eigenvalue weighted by Crippen LogP contribution is 2.04. The molecule has 0 bridgehead atoms. The van der Waals surface area contributed by atoms with Gasteiger partial charge in [-0.1, -0.05) is 35.2 Å². The van der Waals surface area contributed by atoms with Crippen LogP contribution in [0, 0.1) is 0 Å². The van der Waals surface area contributed by atoms with Crippen molar-refractivity contribution < 1.29 is 4.79 Å². The smallest absolute Gasteiger partial charge is 0.159 e. The molecular weight excluding hydrogens is 192 g/mol. The number of rotatable bonds is 3. The van der Waals surface area contributed by atoms with Crippen molar-refractivity contribution in [3.8, 4) is 0 Å². The summed E-state index contributed by atoms with van der Waals surface area (Å²) >= 11 is 3.12. The fraction of sp³-hybridized carbons (Fsp3) is 0.125. The molecule has 0 saturated heterocycles. The molecule has 0 aromatic carbocycles. The van der Waals surface area contributed by atoms with Gasteiger partial charge in [-0.2, -0.15) is 0 Å². The lowest BCUT2D eigenvalue weighted by Gasteiger charge is -1.88. The zero-order valence-corrected chi connectivity index (χ0v) is 7.44. The molecule has 0 saturated carbocycles. The van der Waals surface area contributed by atoms with Gasteiger partial charge in [0.25, 0.3) is 0 Å². The largest absolute Gasteiger partial charge is 0.295 e. The van der Waals surface area contributed by atoms with Gasteiger partial charge in [0.15, 0.2) is 5.78 Å². The highest BCUT2D eigenvalue weighted by molar-refractivity contribution is 9.11. The van der Waals surface area contributed by atoms with Crippen molar-refractivity contribution in [3.63, 3.8) is 0 Å². The first-order valence-electron chi connectivity index (χ1n) is 2.76. The molecule has 0 fully saturated rings. The second-order valence-corrected chi connectivity index (χ2v) is 2.88. The van der Waals surface area contributed by atoms with Crippen LogP contribution in [0.25, 0.3) is 0 Å². The van der Waals surface area contributed by atoms with E-state index in [0.29, 0.717) is 5.57 Å². The van der Waals surface area contributed by atoms with E-state index >= 15 is 0 Å². The Morgan fingerprint density at radius 2 is 1.90 bits per heavy atom. The first-order chi connectivity index (χ1) is 4.54. The average Bonchev–Trinajstić information content (AvgIpc) is 1.82. The molecule has 0 aliphatic rings. The van der Waals surface area contributed by atoms with Crippen LogP contribution in [0.5, 0.6) is 0 Å². The summed E-state index contributed by atoms with van der Waals surface area (Å²) in [6, 6.07) is 0. The Morgan fingerprint density at radius 1 is 1.40 bits per heavy atom. The number of ketones is 1. The van der Waals surface area contributed by atoms with Gasteiger partial charge in [-0.25, -0.2) is 0 Å². The number of hydrogen-bond donors (Lipinski definition) is 0. The molecule has 1 nitrogen and oxygen atoms in total. The molecule has 10 heavy (non-hydrogen) atoms. The minimum Gasteiger partial charge on any atom is -0.295 e. The number of carbonyl (C=O) groups is 1. The summed E-state index contributed by atoms with van der Waals surface area (Å²) in [4.78, 5) is 10.6. The van der Waals surface area contributed by atoms with Crippen molar-refractivity contribution in [2.45, 2.75) is 6.92 Å². The third-order valence-electron chi connectivity index (χ3n) is 0.918. The molecule has 0 amide bonds. The predicted molar refractivity (Wildman–Crippen MR) is 47.0 cm³/mol. The van der Waals surface area contributed by atoms with Gasteiger partial charge in [0.1, 0.15) is 0 Å². The molecule has 0 aromatic rings. The van der Waals surface area contributed by atoms with Crippen LogP contribution in [0.2, 0.25) is 0 Å². The zero-order valence-electron chi connectivity index (χ0n) is 5.86. The maximum absolute atomic E-state index is 10.6. The minimum atomic E-state index is -0.0231. The monoisotopic (exact) mass is 200 g/mol. The zero-order chi connectivity index (χ0) is 8.15. The number of halogens is 1. The van der Waals surface area contributed by atoms with Crippen LogP contribution >= 0.6 is 15.9 Å². The van der Waals surface area contributed by atoms with E-state index in [0.717, 1.165) is 4.48 Å². The van der Waals surface area contributed by atoms with E-state index in [1.165, 1.54) is 6.92 Å². The lowest BCUT2D eigenvalue weighted by atomic mass is 10.2. The van der Waals surface area contributed by atoms with Crippen LogP contribution in [0.4, 0.5) is 0 Å². The number of Topliss-reactive ketones (excluding diaryl/α,β-unsaturated/α-hetero) is 1. The number of carbonyl (C=O) groups excluding carboxylic acids is 1. The van der Waals surface area contributed by atoms with Gasteiger partial charge < -0.3 is 0 Å². The van der Waals surface area contributed by atoms with Gasteiger partial charge in [0, 0.05) is 10.1 Å².